The van der Waals surface area contributed by atoms with Gasteiger partial charge < -0.3 is 10.1 Å². The maximum absolute atomic E-state index is 5.90. The van der Waals surface area contributed by atoms with Gasteiger partial charge in [0.05, 0.1) is 0 Å². The van der Waals surface area contributed by atoms with Crippen LogP contribution in [0.5, 0.6) is 5.75 Å². The Kier molecular flexibility index (Phi) is 4.96. The van der Waals surface area contributed by atoms with Crippen molar-refractivity contribution in [2.24, 2.45) is 0 Å². The van der Waals surface area contributed by atoms with Crippen LogP contribution in [0.3, 0.4) is 0 Å². The molecule has 1 unspecified atom stereocenters. The van der Waals surface area contributed by atoms with Gasteiger partial charge in [-0.2, -0.15) is 5.10 Å². The van der Waals surface area contributed by atoms with Gasteiger partial charge in [0, 0.05) is 12.1 Å². The molecule has 0 aliphatic carbocycles. The highest BCUT2D eigenvalue weighted by Gasteiger charge is 2.10. The summed E-state index contributed by atoms with van der Waals surface area (Å²) in [7, 11) is 1.96. The van der Waals surface area contributed by atoms with Crippen molar-refractivity contribution >= 4 is 0 Å². The largest absolute Gasteiger partial charge is 0.485 e. The Morgan fingerprint density at radius 1 is 1.29 bits per heavy atom. The van der Waals surface area contributed by atoms with Gasteiger partial charge in [0.15, 0.2) is 5.82 Å². The van der Waals surface area contributed by atoms with Crippen LogP contribution < -0.4 is 10.1 Å². The van der Waals surface area contributed by atoms with Gasteiger partial charge in [-0.05, 0) is 51.9 Å². The zero-order chi connectivity index (χ0) is 15.4. The summed E-state index contributed by atoms with van der Waals surface area (Å²) in [4.78, 5) is 4.26. The second-order valence-corrected chi connectivity index (χ2v) is 5.54. The number of rotatable bonds is 6. The van der Waals surface area contributed by atoms with Crippen LogP contribution in [-0.2, 0) is 6.61 Å². The van der Waals surface area contributed by atoms with Gasteiger partial charge in [0.1, 0.15) is 18.7 Å². The van der Waals surface area contributed by atoms with Crippen molar-refractivity contribution in [3.8, 4) is 5.75 Å². The van der Waals surface area contributed by atoms with Gasteiger partial charge in [-0.25, -0.2) is 9.67 Å². The van der Waals surface area contributed by atoms with Crippen LogP contribution in [-0.4, -0.2) is 21.8 Å². The second kappa shape index (κ2) is 6.72. The fourth-order valence-electron chi connectivity index (χ4n) is 2.22. The van der Waals surface area contributed by atoms with E-state index in [9.17, 15) is 0 Å². The number of hydrogen-bond acceptors (Lipinski definition) is 4. The van der Waals surface area contributed by atoms with Crippen LogP contribution in [0, 0.1) is 6.92 Å². The first-order chi connectivity index (χ1) is 10.0. The molecule has 1 heterocycles. The molecule has 5 nitrogen and oxygen atoms in total. The molecule has 0 amide bonds. The van der Waals surface area contributed by atoms with Crippen LogP contribution in [0.1, 0.15) is 49.8 Å². The Morgan fingerprint density at radius 2 is 2.05 bits per heavy atom. The van der Waals surface area contributed by atoms with E-state index in [1.54, 1.807) is 6.33 Å². The molecule has 21 heavy (non-hydrogen) atoms. The summed E-state index contributed by atoms with van der Waals surface area (Å²) < 4.78 is 7.78. The summed E-state index contributed by atoms with van der Waals surface area (Å²) in [6.07, 6.45) is 1.57. The van der Waals surface area contributed by atoms with Gasteiger partial charge in [-0.1, -0.05) is 12.1 Å². The number of aromatic nitrogens is 3. The maximum Gasteiger partial charge on any atom is 0.165 e. The third-order valence-corrected chi connectivity index (χ3v) is 3.63. The van der Waals surface area contributed by atoms with Crippen molar-refractivity contribution in [1.29, 1.82) is 0 Å². The highest BCUT2D eigenvalue weighted by Crippen LogP contribution is 2.23. The molecule has 0 aliphatic rings. The molecule has 0 fully saturated rings. The molecule has 0 radical (unpaired) electrons. The number of benzene rings is 1. The van der Waals surface area contributed by atoms with Crippen LogP contribution in [0.25, 0.3) is 0 Å². The molecule has 0 saturated carbocycles. The minimum absolute atomic E-state index is 0.283. The molecule has 1 aromatic heterocycles. The van der Waals surface area contributed by atoms with Crippen molar-refractivity contribution in [3.05, 3.63) is 41.5 Å². The van der Waals surface area contributed by atoms with E-state index in [1.807, 2.05) is 17.8 Å². The molecule has 1 N–H and O–H groups in total. The lowest BCUT2D eigenvalue weighted by atomic mass is 10.1. The maximum atomic E-state index is 5.90. The molecule has 1 aromatic carbocycles. The molecule has 0 aliphatic heterocycles. The lowest BCUT2D eigenvalue weighted by molar-refractivity contribution is 0.280. The minimum atomic E-state index is 0.283. The quantitative estimate of drug-likeness (QED) is 0.887. The van der Waals surface area contributed by atoms with E-state index in [4.69, 9.17) is 4.74 Å². The Morgan fingerprint density at radius 3 is 2.67 bits per heavy atom. The molecule has 5 heteroatoms. The monoisotopic (exact) mass is 288 g/mol. The summed E-state index contributed by atoms with van der Waals surface area (Å²) in [5.41, 5.74) is 2.39. The predicted molar refractivity (Wildman–Crippen MR) is 83.4 cm³/mol. The number of aryl methyl sites for hydroxylation is 1. The smallest absolute Gasteiger partial charge is 0.165 e. The van der Waals surface area contributed by atoms with Crippen molar-refractivity contribution in [2.75, 3.05) is 7.05 Å². The van der Waals surface area contributed by atoms with E-state index in [2.05, 4.69) is 55.2 Å². The highest BCUT2D eigenvalue weighted by molar-refractivity contribution is 5.37. The molecular weight excluding hydrogens is 264 g/mol. The summed E-state index contributed by atoms with van der Waals surface area (Å²) in [5.74, 6) is 1.73. The van der Waals surface area contributed by atoms with Gasteiger partial charge in [-0.3, -0.25) is 0 Å². The number of hydrogen-bond donors (Lipinski definition) is 1. The van der Waals surface area contributed by atoms with Crippen LogP contribution in [0.15, 0.2) is 24.5 Å². The lowest BCUT2D eigenvalue weighted by Gasteiger charge is -2.15. The fraction of sp³-hybridized carbons (Fsp3) is 0.500. The van der Waals surface area contributed by atoms with Crippen molar-refractivity contribution in [2.45, 2.75) is 46.4 Å². The van der Waals surface area contributed by atoms with Gasteiger partial charge in [0.2, 0.25) is 0 Å². The molecule has 0 bridgehead atoms. The molecule has 0 spiro atoms. The Hall–Kier alpha value is -1.88. The zero-order valence-electron chi connectivity index (χ0n) is 13.4. The van der Waals surface area contributed by atoms with Crippen molar-refractivity contribution in [1.82, 2.24) is 20.1 Å². The van der Waals surface area contributed by atoms with E-state index >= 15 is 0 Å². The molecule has 2 aromatic rings. The van der Waals surface area contributed by atoms with Gasteiger partial charge in [-0.15, -0.1) is 0 Å². The molecule has 114 valence electrons. The first-order valence-electron chi connectivity index (χ1n) is 7.32. The number of nitrogens with zero attached hydrogens (tertiary/aromatic N) is 3. The first kappa shape index (κ1) is 15.5. The van der Waals surface area contributed by atoms with E-state index in [0.29, 0.717) is 12.6 Å². The summed E-state index contributed by atoms with van der Waals surface area (Å²) >= 11 is 0. The van der Waals surface area contributed by atoms with Gasteiger partial charge in [0.25, 0.3) is 0 Å². The normalized spacial score (nSPS) is 12.7. The topological polar surface area (TPSA) is 52.0 Å². The standard InChI is InChI=1S/C16H24N4O/c1-11(2)20-16(18-10-19-20)9-21-15-7-6-14(8-12(15)3)13(4)17-5/h6-8,10-11,13,17H,9H2,1-5H3. The predicted octanol–water partition coefficient (Wildman–Crippen LogP) is 3.03. The summed E-state index contributed by atoms with van der Waals surface area (Å²) in [5, 5.41) is 7.46. The summed E-state index contributed by atoms with van der Waals surface area (Å²) in [6, 6.07) is 6.89. The highest BCUT2D eigenvalue weighted by atomic mass is 16.5. The third kappa shape index (κ3) is 3.61. The SMILES string of the molecule is CNC(C)c1ccc(OCc2ncnn2C(C)C)c(C)c1. The Balaban J connectivity index is 2.08. The minimum Gasteiger partial charge on any atom is -0.485 e. The van der Waals surface area contributed by atoms with E-state index in [1.165, 1.54) is 5.56 Å². The van der Waals surface area contributed by atoms with Crippen LogP contribution in [0.2, 0.25) is 0 Å². The lowest BCUT2D eigenvalue weighted by Crippen LogP contribution is -2.13. The Bertz CT molecular complexity index is 592. The second-order valence-electron chi connectivity index (χ2n) is 5.54. The average molecular weight is 288 g/mol. The molecule has 0 saturated heterocycles. The third-order valence-electron chi connectivity index (χ3n) is 3.63. The van der Waals surface area contributed by atoms with Crippen molar-refractivity contribution < 1.29 is 4.74 Å². The van der Waals surface area contributed by atoms with Gasteiger partial charge >= 0.3 is 0 Å². The first-order valence-corrected chi connectivity index (χ1v) is 7.32. The molecule has 1 atom stereocenters. The average Bonchev–Trinajstić information content (AvgIpc) is 2.93. The van der Waals surface area contributed by atoms with E-state index in [0.717, 1.165) is 17.1 Å². The summed E-state index contributed by atoms with van der Waals surface area (Å²) in [6.45, 7) is 8.80. The fourth-order valence-corrected chi connectivity index (χ4v) is 2.22. The van der Waals surface area contributed by atoms with Crippen LogP contribution in [0.4, 0.5) is 0 Å². The molecular formula is C16H24N4O. The van der Waals surface area contributed by atoms with Crippen LogP contribution >= 0.6 is 0 Å². The number of ether oxygens (including phenoxy) is 1. The van der Waals surface area contributed by atoms with E-state index in [-0.39, 0.29) is 6.04 Å². The van der Waals surface area contributed by atoms with E-state index < -0.39 is 0 Å². The van der Waals surface area contributed by atoms with Crippen molar-refractivity contribution in [3.63, 3.8) is 0 Å². The number of nitrogens with one attached hydrogen (secondary N) is 1. The Labute approximate surface area is 126 Å². The molecule has 2 rings (SSSR count). The zero-order valence-corrected chi connectivity index (χ0v) is 13.4.